The average Bonchev–Trinajstić information content (AvgIpc) is 2.81. The standard InChI is InChI=1S/C27H29BrO4/c1-31-26-16-11-21(17-27(26)32-19-22-5-3-2-4-6-22)10-15-25(30)18-24(29)14-9-20-7-12-23(28)13-8-20/h2-8,11-13,16-17,25,30H,9-10,14-15,18-19H2,1H3. The third-order valence-corrected chi connectivity index (χ3v) is 5.83. The van der Waals surface area contributed by atoms with Crippen LogP contribution < -0.4 is 9.47 Å². The summed E-state index contributed by atoms with van der Waals surface area (Å²) in [7, 11) is 1.62. The number of rotatable bonds is 12. The van der Waals surface area contributed by atoms with E-state index in [4.69, 9.17) is 9.47 Å². The van der Waals surface area contributed by atoms with Gasteiger partial charge in [-0.15, -0.1) is 0 Å². The minimum atomic E-state index is -0.650. The number of ketones is 1. The summed E-state index contributed by atoms with van der Waals surface area (Å²) in [5, 5.41) is 10.4. The van der Waals surface area contributed by atoms with Crippen LogP contribution in [-0.2, 0) is 24.2 Å². The lowest BCUT2D eigenvalue weighted by molar-refractivity contribution is -0.120. The second-order valence-electron chi connectivity index (χ2n) is 7.82. The van der Waals surface area contributed by atoms with Gasteiger partial charge in [0.25, 0.3) is 0 Å². The number of carbonyl (C=O) groups is 1. The average molecular weight is 497 g/mol. The van der Waals surface area contributed by atoms with Gasteiger partial charge in [-0.3, -0.25) is 4.79 Å². The van der Waals surface area contributed by atoms with Gasteiger partial charge in [-0.1, -0.05) is 64.5 Å². The summed E-state index contributed by atoms with van der Waals surface area (Å²) >= 11 is 3.41. The minimum absolute atomic E-state index is 0.0852. The lowest BCUT2D eigenvalue weighted by Gasteiger charge is -2.14. The van der Waals surface area contributed by atoms with Gasteiger partial charge in [-0.05, 0) is 60.2 Å². The summed E-state index contributed by atoms with van der Waals surface area (Å²) in [6.45, 7) is 0.455. The summed E-state index contributed by atoms with van der Waals surface area (Å²) in [5.41, 5.74) is 3.24. The number of carbonyl (C=O) groups excluding carboxylic acids is 1. The molecule has 168 valence electrons. The number of aryl methyl sites for hydroxylation is 2. The number of aliphatic hydroxyl groups is 1. The van der Waals surface area contributed by atoms with Gasteiger partial charge in [-0.2, -0.15) is 0 Å². The molecule has 32 heavy (non-hydrogen) atoms. The van der Waals surface area contributed by atoms with Gasteiger partial charge in [0.05, 0.1) is 13.2 Å². The minimum Gasteiger partial charge on any atom is -0.493 e. The van der Waals surface area contributed by atoms with Gasteiger partial charge >= 0.3 is 0 Å². The van der Waals surface area contributed by atoms with Crippen molar-refractivity contribution in [3.05, 3.63) is 94.0 Å². The second-order valence-corrected chi connectivity index (χ2v) is 8.74. The number of hydrogen-bond acceptors (Lipinski definition) is 4. The van der Waals surface area contributed by atoms with Gasteiger partial charge in [0.1, 0.15) is 12.4 Å². The predicted octanol–water partition coefficient (Wildman–Crippen LogP) is 5.92. The van der Waals surface area contributed by atoms with Crippen LogP contribution >= 0.6 is 15.9 Å². The quantitative estimate of drug-likeness (QED) is 0.338. The zero-order chi connectivity index (χ0) is 22.8. The maximum Gasteiger partial charge on any atom is 0.161 e. The van der Waals surface area contributed by atoms with Gasteiger partial charge in [0.2, 0.25) is 0 Å². The number of halogens is 1. The van der Waals surface area contributed by atoms with Crippen LogP contribution in [0.1, 0.15) is 36.0 Å². The van der Waals surface area contributed by atoms with Crippen molar-refractivity contribution in [2.75, 3.05) is 7.11 Å². The first-order valence-electron chi connectivity index (χ1n) is 10.8. The van der Waals surface area contributed by atoms with Crippen LogP contribution in [0.5, 0.6) is 11.5 Å². The summed E-state index contributed by atoms with van der Waals surface area (Å²) in [6.07, 6.45) is 1.85. The predicted molar refractivity (Wildman–Crippen MR) is 130 cm³/mol. The van der Waals surface area contributed by atoms with E-state index in [9.17, 15) is 9.90 Å². The highest BCUT2D eigenvalue weighted by molar-refractivity contribution is 9.10. The molecule has 3 aromatic carbocycles. The first-order valence-corrected chi connectivity index (χ1v) is 11.6. The molecule has 1 N–H and O–H groups in total. The van der Waals surface area contributed by atoms with Crippen molar-refractivity contribution in [2.24, 2.45) is 0 Å². The van der Waals surface area contributed by atoms with Crippen molar-refractivity contribution < 1.29 is 19.4 Å². The Bertz CT molecular complexity index is 986. The van der Waals surface area contributed by atoms with Crippen molar-refractivity contribution >= 4 is 21.7 Å². The Morgan fingerprint density at radius 2 is 1.62 bits per heavy atom. The van der Waals surface area contributed by atoms with Crippen LogP contribution in [0.3, 0.4) is 0 Å². The lowest BCUT2D eigenvalue weighted by atomic mass is 10.00. The van der Waals surface area contributed by atoms with Crippen molar-refractivity contribution in [2.45, 2.75) is 44.8 Å². The molecule has 0 saturated carbocycles. The third-order valence-electron chi connectivity index (χ3n) is 5.30. The fourth-order valence-corrected chi connectivity index (χ4v) is 3.72. The zero-order valence-electron chi connectivity index (χ0n) is 18.3. The van der Waals surface area contributed by atoms with Crippen LogP contribution in [-0.4, -0.2) is 24.1 Å². The van der Waals surface area contributed by atoms with Crippen LogP contribution in [0.15, 0.2) is 77.3 Å². The molecule has 1 unspecified atom stereocenters. The summed E-state index contributed by atoms with van der Waals surface area (Å²) in [6, 6.07) is 23.7. The van der Waals surface area contributed by atoms with E-state index in [1.807, 2.05) is 72.8 Å². The fourth-order valence-electron chi connectivity index (χ4n) is 3.46. The molecule has 0 spiro atoms. The molecule has 0 aliphatic carbocycles. The molecule has 5 heteroatoms. The monoisotopic (exact) mass is 496 g/mol. The molecule has 0 aromatic heterocycles. The number of benzene rings is 3. The molecular formula is C27H29BrO4. The van der Waals surface area contributed by atoms with E-state index in [-0.39, 0.29) is 12.2 Å². The van der Waals surface area contributed by atoms with Gasteiger partial charge in [0, 0.05) is 17.3 Å². The van der Waals surface area contributed by atoms with Crippen LogP contribution in [0.2, 0.25) is 0 Å². The van der Waals surface area contributed by atoms with E-state index in [0.29, 0.717) is 43.8 Å². The molecule has 1 atom stereocenters. The number of methoxy groups -OCH3 is 1. The molecule has 0 aliphatic heterocycles. The highest BCUT2D eigenvalue weighted by Gasteiger charge is 2.13. The molecule has 0 bridgehead atoms. The van der Waals surface area contributed by atoms with E-state index in [0.717, 1.165) is 21.2 Å². The normalized spacial score (nSPS) is 11.7. The van der Waals surface area contributed by atoms with E-state index in [1.54, 1.807) is 7.11 Å². The van der Waals surface area contributed by atoms with Crippen molar-refractivity contribution in [3.8, 4) is 11.5 Å². The number of Topliss-reactive ketones (excluding diaryl/α,β-unsaturated/α-hetero) is 1. The molecule has 0 fully saturated rings. The van der Waals surface area contributed by atoms with E-state index < -0.39 is 6.10 Å². The maximum absolute atomic E-state index is 12.3. The Labute approximate surface area is 198 Å². The highest BCUT2D eigenvalue weighted by Crippen LogP contribution is 2.29. The topological polar surface area (TPSA) is 55.8 Å². The molecule has 3 aromatic rings. The summed E-state index contributed by atoms with van der Waals surface area (Å²) < 4.78 is 12.4. The summed E-state index contributed by atoms with van der Waals surface area (Å²) in [4.78, 5) is 12.3. The molecule has 0 heterocycles. The van der Waals surface area contributed by atoms with Gasteiger partial charge in [0.15, 0.2) is 11.5 Å². The highest BCUT2D eigenvalue weighted by atomic mass is 79.9. The second kappa shape index (κ2) is 12.4. The first-order chi connectivity index (χ1) is 15.5. The lowest BCUT2D eigenvalue weighted by Crippen LogP contribution is -2.15. The van der Waals surface area contributed by atoms with E-state index in [1.165, 1.54) is 0 Å². The van der Waals surface area contributed by atoms with Crippen molar-refractivity contribution in [3.63, 3.8) is 0 Å². The zero-order valence-corrected chi connectivity index (χ0v) is 19.9. The Morgan fingerprint density at radius 3 is 2.34 bits per heavy atom. The van der Waals surface area contributed by atoms with Crippen molar-refractivity contribution in [1.82, 2.24) is 0 Å². The van der Waals surface area contributed by atoms with Crippen LogP contribution in [0.25, 0.3) is 0 Å². The molecule has 4 nitrogen and oxygen atoms in total. The number of hydrogen-bond donors (Lipinski definition) is 1. The smallest absolute Gasteiger partial charge is 0.161 e. The van der Waals surface area contributed by atoms with Gasteiger partial charge < -0.3 is 14.6 Å². The number of aliphatic hydroxyl groups excluding tert-OH is 1. The molecule has 0 saturated heterocycles. The Balaban J connectivity index is 1.47. The van der Waals surface area contributed by atoms with Crippen LogP contribution in [0.4, 0.5) is 0 Å². The summed E-state index contributed by atoms with van der Waals surface area (Å²) in [5.74, 6) is 1.43. The van der Waals surface area contributed by atoms with Gasteiger partial charge in [-0.25, -0.2) is 0 Å². The van der Waals surface area contributed by atoms with E-state index >= 15 is 0 Å². The Kier molecular flexibility index (Phi) is 9.32. The van der Waals surface area contributed by atoms with E-state index in [2.05, 4.69) is 15.9 Å². The number of ether oxygens (including phenoxy) is 2. The largest absolute Gasteiger partial charge is 0.493 e. The fraction of sp³-hybridized carbons (Fsp3) is 0.296. The Hall–Kier alpha value is -2.63. The Morgan fingerprint density at radius 1 is 0.906 bits per heavy atom. The molecular weight excluding hydrogens is 468 g/mol. The first kappa shape index (κ1) is 24.0. The molecule has 0 amide bonds. The molecule has 0 aliphatic rings. The van der Waals surface area contributed by atoms with Crippen molar-refractivity contribution in [1.29, 1.82) is 0 Å². The maximum atomic E-state index is 12.3. The molecule has 0 radical (unpaired) electrons. The molecule has 3 rings (SSSR count). The third kappa shape index (κ3) is 7.81. The van der Waals surface area contributed by atoms with Crippen LogP contribution in [0, 0.1) is 0 Å². The SMILES string of the molecule is COc1ccc(CCC(O)CC(=O)CCc2ccc(Br)cc2)cc1OCc1ccccc1.